The molecule has 1 aromatic carbocycles. The van der Waals surface area contributed by atoms with Gasteiger partial charge in [-0.2, -0.15) is 11.8 Å². The maximum absolute atomic E-state index is 11.0. The van der Waals surface area contributed by atoms with Crippen molar-refractivity contribution in [1.29, 1.82) is 0 Å². The van der Waals surface area contributed by atoms with Gasteiger partial charge in [-0.05, 0) is 42.9 Å². The van der Waals surface area contributed by atoms with Gasteiger partial charge in [-0.1, -0.05) is 6.92 Å². The lowest BCUT2D eigenvalue weighted by molar-refractivity contribution is -0.142. The van der Waals surface area contributed by atoms with E-state index in [1.165, 1.54) is 25.7 Å². The molecule has 2 unspecified atom stereocenters. The number of methoxy groups -OCH3 is 1. The molecule has 0 bridgehead atoms. The maximum Gasteiger partial charge on any atom is 0.343 e. The van der Waals surface area contributed by atoms with E-state index in [1.54, 1.807) is 0 Å². The smallest absolute Gasteiger partial charge is 0.343 e. The number of hydrogen-bond donors (Lipinski definition) is 1. The van der Waals surface area contributed by atoms with Crippen molar-refractivity contribution < 1.29 is 14.3 Å². The second kappa shape index (κ2) is 7.43. The summed E-state index contributed by atoms with van der Waals surface area (Å²) in [7, 11) is 1.35. The Balaban J connectivity index is 1.86. The summed E-state index contributed by atoms with van der Waals surface area (Å²) in [4.78, 5) is 11.0. The van der Waals surface area contributed by atoms with E-state index in [4.69, 9.17) is 4.74 Å². The Labute approximate surface area is 124 Å². The zero-order chi connectivity index (χ0) is 14.4. The fourth-order valence-corrected chi connectivity index (χ4v) is 3.32. The Morgan fingerprint density at radius 2 is 2.15 bits per heavy atom. The van der Waals surface area contributed by atoms with Crippen molar-refractivity contribution in [2.24, 2.45) is 0 Å². The van der Waals surface area contributed by atoms with Crippen LogP contribution in [0.1, 0.15) is 19.8 Å². The quantitative estimate of drug-likeness (QED) is 0.846. The van der Waals surface area contributed by atoms with E-state index >= 15 is 0 Å². The number of anilines is 1. The minimum atomic E-state index is -0.375. The average molecular weight is 295 g/mol. The molecule has 1 fully saturated rings. The van der Waals surface area contributed by atoms with Crippen molar-refractivity contribution >= 4 is 23.4 Å². The van der Waals surface area contributed by atoms with E-state index in [-0.39, 0.29) is 12.6 Å². The van der Waals surface area contributed by atoms with Crippen molar-refractivity contribution in [2.45, 2.75) is 31.1 Å². The number of ether oxygens (including phenoxy) is 2. The highest BCUT2D eigenvalue weighted by atomic mass is 32.2. The van der Waals surface area contributed by atoms with Crippen molar-refractivity contribution in [2.75, 3.05) is 24.8 Å². The van der Waals surface area contributed by atoms with Gasteiger partial charge < -0.3 is 14.8 Å². The molecular formula is C15H21NO3S. The molecule has 4 nitrogen and oxygen atoms in total. The van der Waals surface area contributed by atoms with Crippen LogP contribution in [0, 0.1) is 0 Å². The normalized spacial score (nSPS) is 22.1. The molecule has 0 spiro atoms. The molecule has 5 heteroatoms. The lowest BCUT2D eigenvalue weighted by atomic mass is 10.1. The molecule has 0 amide bonds. The SMILES string of the molecule is COC(=O)COc1ccc(NC2CCCSC2C)cc1. The molecule has 1 saturated heterocycles. The lowest BCUT2D eigenvalue weighted by Crippen LogP contribution is -2.32. The van der Waals surface area contributed by atoms with Crippen molar-refractivity contribution in [1.82, 2.24) is 0 Å². The molecule has 1 aliphatic heterocycles. The van der Waals surface area contributed by atoms with E-state index in [1.807, 2.05) is 36.0 Å². The summed E-state index contributed by atoms with van der Waals surface area (Å²) in [5.41, 5.74) is 1.09. The number of thioether (sulfide) groups is 1. The van der Waals surface area contributed by atoms with Crippen LogP contribution in [0.4, 0.5) is 5.69 Å². The van der Waals surface area contributed by atoms with E-state index < -0.39 is 0 Å². The fourth-order valence-electron chi connectivity index (χ4n) is 2.18. The second-order valence-electron chi connectivity index (χ2n) is 4.86. The summed E-state index contributed by atoms with van der Waals surface area (Å²) in [6, 6.07) is 8.23. The lowest BCUT2D eigenvalue weighted by Gasteiger charge is -2.30. The summed E-state index contributed by atoms with van der Waals surface area (Å²) < 4.78 is 9.85. The van der Waals surface area contributed by atoms with Crippen LogP contribution in [0.2, 0.25) is 0 Å². The monoisotopic (exact) mass is 295 g/mol. The van der Waals surface area contributed by atoms with E-state index in [9.17, 15) is 4.79 Å². The highest BCUT2D eigenvalue weighted by molar-refractivity contribution is 8.00. The molecule has 110 valence electrons. The number of nitrogens with one attached hydrogen (secondary N) is 1. The van der Waals surface area contributed by atoms with Crippen molar-refractivity contribution in [3.05, 3.63) is 24.3 Å². The summed E-state index contributed by atoms with van der Waals surface area (Å²) in [5, 5.41) is 4.20. The molecular weight excluding hydrogens is 274 g/mol. The van der Waals surface area contributed by atoms with Crippen LogP contribution in [0.15, 0.2) is 24.3 Å². The maximum atomic E-state index is 11.0. The van der Waals surface area contributed by atoms with Crippen LogP contribution in [0.25, 0.3) is 0 Å². The Kier molecular flexibility index (Phi) is 5.59. The number of rotatable bonds is 5. The second-order valence-corrected chi connectivity index (χ2v) is 6.34. The van der Waals surface area contributed by atoms with Crippen LogP contribution in [0.5, 0.6) is 5.75 Å². The number of hydrogen-bond acceptors (Lipinski definition) is 5. The van der Waals surface area contributed by atoms with Gasteiger partial charge in [0.25, 0.3) is 0 Å². The van der Waals surface area contributed by atoms with Crippen LogP contribution in [0.3, 0.4) is 0 Å². The van der Waals surface area contributed by atoms with Crippen LogP contribution in [-0.4, -0.2) is 36.7 Å². The van der Waals surface area contributed by atoms with Gasteiger partial charge in [0, 0.05) is 17.0 Å². The third-order valence-corrected chi connectivity index (χ3v) is 4.78. The predicted molar refractivity (Wildman–Crippen MR) is 82.5 cm³/mol. The standard InChI is InChI=1S/C15H21NO3S/c1-11-14(4-3-9-20-11)16-12-5-7-13(8-6-12)19-10-15(17)18-2/h5-8,11,14,16H,3-4,9-10H2,1-2H3. The zero-order valence-electron chi connectivity index (χ0n) is 11.9. The predicted octanol–water partition coefficient (Wildman–Crippen LogP) is 2.93. The van der Waals surface area contributed by atoms with Crippen LogP contribution in [-0.2, 0) is 9.53 Å². The molecule has 2 atom stereocenters. The van der Waals surface area contributed by atoms with Crippen LogP contribution < -0.4 is 10.1 Å². The molecule has 2 rings (SSSR count). The van der Waals surface area contributed by atoms with E-state index in [0.717, 1.165) is 5.69 Å². The van der Waals surface area contributed by atoms with Crippen molar-refractivity contribution in [3.63, 3.8) is 0 Å². The molecule has 0 radical (unpaired) electrons. The Morgan fingerprint density at radius 1 is 1.40 bits per heavy atom. The van der Waals surface area contributed by atoms with Gasteiger partial charge in [-0.3, -0.25) is 0 Å². The van der Waals surface area contributed by atoms with Crippen molar-refractivity contribution in [3.8, 4) is 5.75 Å². The number of benzene rings is 1. The van der Waals surface area contributed by atoms with Gasteiger partial charge in [0.1, 0.15) is 5.75 Å². The molecule has 1 heterocycles. The average Bonchev–Trinajstić information content (AvgIpc) is 2.48. The highest BCUT2D eigenvalue weighted by Gasteiger charge is 2.21. The summed E-state index contributed by atoms with van der Waals surface area (Å²) in [6.07, 6.45) is 2.49. The number of carbonyl (C=O) groups excluding carboxylic acids is 1. The molecule has 1 N–H and O–H groups in total. The van der Waals surface area contributed by atoms with Gasteiger partial charge in [0.2, 0.25) is 0 Å². The molecule has 0 aromatic heterocycles. The molecule has 0 saturated carbocycles. The number of carbonyl (C=O) groups is 1. The third kappa shape index (κ3) is 4.34. The minimum Gasteiger partial charge on any atom is -0.482 e. The zero-order valence-corrected chi connectivity index (χ0v) is 12.7. The highest BCUT2D eigenvalue weighted by Crippen LogP contribution is 2.28. The Bertz CT molecular complexity index is 435. The topological polar surface area (TPSA) is 47.6 Å². The summed E-state index contributed by atoms with van der Waals surface area (Å²) >= 11 is 2.02. The number of esters is 1. The fraction of sp³-hybridized carbons (Fsp3) is 0.533. The first-order valence-electron chi connectivity index (χ1n) is 6.87. The molecule has 20 heavy (non-hydrogen) atoms. The van der Waals surface area contributed by atoms with Gasteiger partial charge in [-0.25, -0.2) is 4.79 Å². The van der Waals surface area contributed by atoms with Gasteiger partial charge in [0.15, 0.2) is 6.61 Å². The Morgan fingerprint density at radius 3 is 2.80 bits per heavy atom. The Hall–Kier alpha value is -1.36. The van der Waals surface area contributed by atoms with Gasteiger partial charge in [0.05, 0.1) is 7.11 Å². The van der Waals surface area contributed by atoms with E-state index in [0.29, 0.717) is 17.0 Å². The molecule has 0 aliphatic carbocycles. The first-order valence-corrected chi connectivity index (χ1v) is 7.91. The van der Waals surface area contributed by atoms with Crippen LogP contribution >= 0.6 is 11.8 Å². The van der Waals surface area contributed by atoms with E-state index in [2.05, 4.69) is 17.0 Å². The summed E-state index contributed by atoms with van der Waals surface area (Å²) in [6.45, 7) is 2.22. The summed E-state index contributed by atoms with van der Waals surface area (Å²) in [5.74, 6) is 1.56. The minimum absolute atomic E-state index is 0.0560. The first-order chi connectivity index (χ1) is 9.69. The largest absolute Gasteiger partial charge is 0.482 e. The van der Waals surface area contributed by atoms with Gasteiger partial charge >= 0.3 is 5.97 Å². The molecule has 1 aliphatic rings. The third-order valence-electron chi connectivity index (χ3n) is 3.40. The van der Waals surface area contributed by atoms with Gasteiger partial charge in [-0.15, -0.1) is 0 Å². The first kappa shape index (κ1) is 15.0. The molecule has 1 aromatic rings.